The van der Waals surface area contributed by atoms with Crippen LogP contribution < -0.4 is 4.90 Å². The van der Waals surface area contributed by atoms with E-state index in [0.717, 1.165) is 18.1 Å². The van der Waals surface area contributed by atoms with Crippen LogP contribution in [0.3, 0.4) is 0 Å². The first-order valence-corrected chi connectivity index (χ1v) is 7.03. The number of carboxylic acids is 1. The fraction of sp³-hybridized carbons (Fsp3) is 0.692. The SMILES string of the molecule is CC(C)CCN(C)c1nc(C(C)(C)C(=O)O)cs1. The predicted octanol–water partition coefficient (Wildman–Crippen LogP) is 2.99. The van der Waals surface area contributed by atoms with Gasteiger partial charge < -0.3 is 10.0 Å². The smallest absolute Gasteiger partial charge is 0.315 e. The van der Waals surface area contributed by atoms with Crippen molar-refractivity contribution in [3.63, 3.8) is 0 Å². The van der Waals surface area contributed by atoms with E-state index in [1.54, 1.807) is 13.8 Å². The average molecular weight is 270 g/mol. The molecule has 0 aliphatic heterocycles. The predicted molar refractivity (Wildman–Crippen MR) is 75.5 cm³/mol. The van der Waals surface area contributed by atoms with Gasteiger partial charge in [-0.05, 0) is 26.2 Å². The van der Waals surface area contributed by atoms with E-state index >= 15 is 0 Å². The van der Waals surface area contributed by atoms with Gasteiger partial charge in [0.1, 0.15) is 5.41 Å². The van der Waals surface area contributed by atoms with Gasteiger partial charge >= 0.3 is 5.97 Å². The lowest BCUT2D eigenvalue weighted by Crippen LogP contribution is -2.29. The summed E-state index contributed by atoms with van der Waals surface area (Å²) in [5.41, 5.74) is -0.292. The summed E-state index contributed by atoms with van der Waals surface area (Å²) in [5.74, 6) is -0.188. The number of hydrogen-bond donors (Lipinski definition) is 1. The minimum atomic E-state index is -0.923. The summed E-state index contributed by atoms with van der Waals surface area (Å²) < 4.78 is 0. The minimum Gasteiger partial charge on any atom is -0.481 e. The minimum absolute atomic E-state index is 0.631. The number of aliphatic carboxylic acids is 1. The van der Waals surface area contributed by atoms with Crippen molar-refractivity contribution in [2.24, 2.45) is 5.92 Å². The van der Waals surface area contributed by atoms with Gasteiger partial charge in [-0.3, -0.25) is 4.79 Å². The Bertz CT molecular complexity index is 413. The van der Waals surface area contributed by atoms with E-state index in [2.05, 4.69) is 23.7 Å². The molecule has 5 heteroatoms. The lowest BCUT2D eigenvalue weighted by molar-refractivity contribution is -0.142. The molecule has 0 aliphatic carbocycles. The van der Waals surface area contributed by atoms with E-state index in [1.165, 1.54) is 11.3 Å². The second-order valence-corrected chi connectivity index (χ2v) is 6.39. The van der Waals surface area contributed by atoms with E-state index in [4.69, 9.17) is 5.11 Å². The van der Waals surface area contributed by atoms with Crippen molar-refractivity contribution in [2.75, 3.05) is 18.5 Å². The second kappa shape index (κ2) is 5.69. The molecule has 0 fully saturated rings. The largest absolute Gasteiger partial charge is 0.481 e. The Labute approximate surface area is 113 Å². The summed E-state index contributed by atoms with van der Waals surface area (Å²) in [5, 5.41) is 11.9. The number of rotatable bonds is 6. The molecule has 0 spiro atoms. The highest BCUT2D eigenvalue weighted by atomic mass is 32.1. The van der Waals surface area contributed by atoms with Crippen LogP contribution in [0.5, 0.6) is 0 Å². The maximum atomic E-state index is 11.2. The van der Waals surface area contributed by atoms with Gasteiger partial charge in [0.2, 0.25) is 0 Å². The lowest BCUT2D eigenvalue weighted by atomic mass is 9.90. The molecule has 0 atom stereocenters. The summed E-state index contributed by atoms with van der Waals surface area (Å²) in [6.07, 6.45) is 1.10. The highest BCUT2D eigenvalue weighted by Gasteiger charge is 2.32. The summed E-state index contributed by atoms with van der Waals surface area (Å²) >= 11 is 1.51. The van der Waals surface area contributed by atoms with Crippen LogP contribution in [0.25, 0.3) is 0 Å². The monoisotopic (exact) mass is 270 g/mol. The van der Waals surface area contributed by atoms with Crippen molar-refractivity contribution >= 4 is 22.4 Å². The van der Waals surface area contributed by atoms with E-state index in [0.29, 0.717) is 11.6 Å². The molecule has 1 heterocycles. The Morgan fingerprint density at radius 3 is 2.67 bits per heavy atom. The second-order valence-electron chi connectivity index (χ2n) is 5.55. The van der Waals surface area contributed by atoms with Crippen molar-refractivity contribution in [1.82, 2.24) is 4.98 Å². The van der Waals surface area contributed by atoms with Crippen LogP contribution in [0.2, 0.25) is 0 Å². The number of nitrogens with zero attached hydrogens (tertiary/aromatic N) is 2. The van der Waals surface area contributed by atoms with Crippen LogP contribution >= 0.6 is 11.3 Å². The number of carbonyl (C=O) groups is 1. The van der Waals surface area contributed by atoms with Crippen LogP contribution in [0, 0.1) is 5.92 Å². The van der Waals surface area contributed by atoms with Crippen molar-refractivity contribution in [2.45, 2.75) is 39.5 Å². The molecule has 0 aromatic carbocycles. The first-order valence-electron chi connectivity index (χ1n) is 6.15. The quantitative estimate of drug-likeness (QED) is 0.863. The van der Waals surface area contributed by atoms with Gasteiger partial charge in [-0.15, -0.1) is 11.3 Å². The van der Waals surface area contributed by atoms with Crippen molar-refractivity contribution in [1.29, 1.82) is 0 Å². The molecule has 1 aromatic heterocycles. The van der Waals surface area contributed by atoms with E-state index in [9.17, 15) is 4.79 Å². The highest BCUT2D eigenvalue weighted by molar-refractivity contribution is 7.13. The number of thiazole rings is 1. The highest BCUT2D eigenvalue weighted by Crippen LogP contribution is 2.29. The van der Waals surface area contributed by atoms with Crippen molar-refractivity contribution < 1.29 is 9.90 Å². The molecule has 0 bridgehead atoms. The molecule has 4 nitrogen and oxygen atoms in total. The lowest BCUT2D eigenvalue weighted by Gasteiger charge is -2.18. The maximum Gasteiger partial charge on any atom is 0.315 e. The fourth-order valence-electron chi connectivity index (χ4n) is 1.38. The summed E-state index contributed by atoms with van der Waals surface area (Å²) in [4.78, 5) is 17.7. The Hall–Kier alpha value is -1.10. The third kappa shape index (κ3) is 3.45. The molecule has 0 unspecified atom stereocenters. The van der Waals surface area contributed by atoms with Gasteiger partial charge in [-0.1, -0.05) is 13.8 Å². The van der Waals surface area contributed by atoms with Crippen LogP contribution in [0.15, 0.2) is 5.38 Å². The Balaban J connectivity index is 2.77. The number of hydrogen-bond acceptors (Lipinski definition) is 4. The Kier molecular flexibility index (Phi) is 4.73. The molecule has 102 valence electrons. The zero-order valence-corrected chi connectivity index (χ0v) is 12.5. The molecule has 1 aromatic rings. The van der Waals surface area contributed by atoms with Crippen LogP contribution in [0.4, 0.5) is 5.13 Å². The number of carboxylic acid groups (broad SMARTS) is 1. The van der Waals surface area contributed by atoms with Crippen LogP contribution in [-0.2, 0) is 10.2 Å². The molecular weight excluding hydrogens is 248 g/mol. The molecule has 0 aliphatic rings. The molecular formula is C13H22N2O2S. The van der Waals surface area contributed by atoms with Gasteiger partial charge in [0.15, 0.2) is 5.13 Å². The average Bonchev–Trinajstić information content (AvgIpc) is 2.75. The van der Waals surface area contributed by atoms with Crippen LogP contribution in [-0.4, -0.2) is 29.7 Å². The molecule has 0 saturated heterocycles. The summed E-state index contributed by atoms with van der Waals surface area (Å²) in [6.45, 7) is 8.69. The van der Waals surface area contributed by atoms with Crippen LogP contribution in [0.1, 0.15) is 39.8 Å². The van der Waals surface area contributed by atoms with E-state index < -0.39 is 11.4 Å². The first kappa shape index (κ1) is 15.0. The van der Waals surface area contributed by atoms with Gasteiger partial charge in [0.05, 0.1) is 5.69 Å². The van der Waals surface area contributed by atoms with Crippen molar-refractivity contribution in [3.05, 3.63) is 11.1 Å². The molecule has 18 heavy (non-hydrogen) atoms. The molecule has 1 rings (SSSR count). The Morgan fingerprint density at radius 2 is 2.17 bits per heavy atom. The van der Waals surface area contributed by atoms with E-state index in [1.807, 2.05) is 12.4 Å². The zero-order chi connectivity index (χ0) is 13.9. The molecule has 0 radical (unpaired) electrons. The molecule has 0 saturated carbocycles. The summed E-state index contributed by atoms with van der Waals surface area (Å²) in [6, 6.07) is 0. The van der Waals surface area contributed by atoms with Gasteiger partial charge in [-0.25, -0.2) is 4.98 Å². The number of aromatic nitrogens is 1. The van der Waals surface area contributed by atoms with Gasteiger partial charge in [0, 0.05) is 19.0 Å². The van der Waals surface area contributed by atoms with Gasteiger partial charge in [0.25, 0.3) is 0 Å². The maximum absolute atomic E-state index is 11.2. The topological polar surface area (TPSA) is 53.4 Å². The normalized spacial score (nSPS) is 11.9. The zero-order valence-electron chi connectivity index (χ0n) is 11.7. The standard InChI is InChI=1S/C13H22N2O2S/c1-9(2)6-7-15(5)12-14-10(8-18-12)13(3,4)11(16)17/h8-9H,6-7H2,1-5H3,(H,16,17). The molecule has 0 amide bonds. The third-order valence-corrected chi connectivity index (χ3v) is 3.99. The summed E-state index contributed by atoms with van der Waals surface area (Å²) in [7, 11) is 2.00. The fourth-order valence-corrected chi connectivity index (χ4v) is 2.37. The first-order chi connectivity index (χ1) is 8.25. The molecule has 1 N–H and O–H groups in total. The van der Waals surface area contributed by atoms with Gasteiger partial charge in [-0.2, -0.15) is 0 Å². The third-order valence-electron chi connectivity index (χ3n) is 3.04. The van der Waals surface area contributed by atoms with E-state index in [-0.39, 0.29) is 0 Å². The Morgan fingerprint density at radius 1 is 1.56 bits per heavy atom. The van der Waals surface area contributed by atoms with Crippen molar-refractivity contribution in [3.8, 4) is 0 Å². The number of anilines is 1.